The lowest BCUT2D eigenvalue weighted by atomic mass is 9.84. The molecule has 1 saturated carbocycles. The number of carbonyl (C=O) groups excluding carboxylic acids is 1. The molecular weight excluding hydrogens is 268 g/mol. The molecule has 2 N–H and O–H groups in total. The number of amides is 1. The Hall–Kier alpha value is -1.42. The minimum Gasteiger partial charge on any atom is -0.361 e. The first-order valence-electron chi connectivity index (χ1n) is 7.09. The largest absolute Gasteiger partial charge is 0.361 e. The molecule has 106 valence electrons. The second-order valence-electron chi connectivity index (χ2n) is 5.55. The van der Waals surface area contributed by atoms with Gasteiger partial charge in [-0.05, 0) is 30.7 Å². The first kappa shape index (κ1) is 13.6. The summed E-state index contributed by atoms with van der Waals surface area (Å²) in [6.45, 7) is 0.801. The third-order valence-corrected chi connectivity index (χ3v) is 5.75. The molecule has 1 aliphatic carbocycles. The van der Waals surface area contributed by atoms with Crippen molar-refractivity contribution in [3.8, 4) is 0 Å². The Morgan fingerprint density at radius 2 is 2.20 bits per heavy atom. The zero-order chi connectivity index (χ0) is 14.0. The van der Waals surface area contributed by atoms with Gasteiger partial charge in [-0.15, -0.1) is 0 Å². The van der Waals surface area contributed by atoms with Crippen LogP contribution in [0.1, 0.15) is 24.8 Å². The number of hydrogen-bond donors (Lipinski definition) is 2. The van der Waals surface area contributed by atoms with Gasteiger partial charge >= 0.3 is 0 Å². The van der Waals surface area contributed by atoms with Gasteiger partial charge in [-0.25, -0.2) is 0 Å². The average molecular weight is 288 g/mol. The number of nitrogens with one attached hydrogen (secondary N) is 2. The Balaban J connectivity index is 1.61. The number of benzene rings is 1. The number of aromatic amines is 1. The van der Waals surface area contributed by atoms with Crippen LogP contribution in [0.5, 0.6) is 0 Å². The van der Waals surface area contributed by atoms with Crippen molar-refractivity contribution in [3.63, 3.8) is 0 Å². The van der Waals surface area contributed by atoms with Crippen molar-refractivity contribution in [2.75, 3.05) is 12.8 Å². The minimum atomic E-state index is 0.120. The third-order valence-electron chi connectivity index (χ3n) is 4.33. The van der Waals surface area contributed by atoms with Crippen molar-refractivity contribution >= 4 is 28.6 Å². The number of aromatic nitrogens is 1. The van der Waals surface area contributed by atoms with Crippen LogP contribution in [-0.2, 0) is 11.2 Å². The van der Waals surface area contributed by atoms with E-state index < -0.39 is 0 Å². The number of fused-ring (bicyclic) bond motifs is 1. The molecule has 4 heteroatoms. The number of H-pyrrole nitrogens is 1. The molecule has 1 heterocycles. The molecule has 0 spiro atoms. The minimum absolute atomic E-state index is 0.120. The molecule has 0 atom stereocenters. The summed E-state index contributed by atoms with van der Waals surface area (Å²) < 4.78 is 0.301. The van der Waals surface area contributed by atoms with Crippen LogP contribution >= 0.6 is 11.8 Å². The predicted molar refractivity (Wildman–Crippen MR) is 85.1 cm³/mol. The zero-order valence-corrected chi connectivity index (χ0v) is 12.6. The van der Waals surface area contributed by atoms with Gasteiger partial charge in [-0.2, -0.15) is 11.8 Å². The second kappa shape index (κ2) is 5.52. The fourth-order valence-corrected chi connectivity index (χ4v) is 3.71. The van der Waals surface area contributed by atoms with E-state index in [0.717, 1.165) is 23.0 Å². The molecule has 2 aromatic rings. The highest BCUT2D eigenvalue weighted by atomic mass is 32.2. The van der Waals surface area contributed by atoms with E-state index in [0.29, 0.717) is 11.2 Å². The number of para-hydroxylation sites is 1. The molecule has 0 bridgehead atoms. The van der Waals surface area contributed by atoms with Gasteiger partial charge < -0.3 is 10.3 Å². The van der Waals surface area contributed by atoms with E-state index in [2.05, 4.69) is 22.6 Å². The molecule has 1 aromatic heterocycles. The number of carbonyl (C=O) groups is 1. The highest BCUT2D eigenvalue weighted by Crippen LogP contribution is 2.42. The van der Waals surface area contributed by atoms with Gasteiger partial charge in [-0.3, -0.25) is 4.79 Å². The molecule has 0 radical (unpaired) electrons. The van der Waals surface area contributed by atoms with E-state index in [4.69, 9.17) is 0 Å². The van der Waals surface area contributed by atoms with Gasteiger partial charge in [0, 0.05) is 28.4 Å². The first-order chi connectivity index (χ1) is 9.72. The lowest BCUT2D eigenvalue weighted by Gasteiger charge is -2.40. The number of thioether (sulfide) groups is 1. The maximum atomic E-state index is 12.1. The molecule has 0 saturated heterocycles. The molecule has 20 heavy (non-hydrogen) atoms. The van der Waals surface area contributed by atoms with E-state index in [1.165, 1.54) is 19.3 Å². The fraction of sp³-hybridized carbons (Fsp3) is 0.438. The van der Waals surface area contributed by atoms with Crippen molar-refractivity contribution in [1.82, 2.24) is 10.3 Å². The number of hydrogen-bond acceptors (Lipinski definition) is 2. The summed E-state index contributed by atoms with van der Waals surface area (Å²) in [7, 11) is 0. The van der Waals surface area contributed by atoms with E-state index in [9.17, 15) is 4.79 Å². The predicted octanol–water partition coefficient (Wildman–Crippen LogP) is 3.11. The van der Waals surface area contributed by atoms with E-state index in [1.54, 1.807) is 0 Å². The van der Waals surface area contributed by atoms with Gasteiger partial charge in [0.1, 0.15) is 0 Å². The highest BCUT2D eigenvalue weighted by Gasteiger charge is 2.36. The van der Waals surface area contributed by atoms with E-state index >= 15 is 0 Å². The normalized spacial score (nSPS) is 16.9. The molecule has 0 aliphatic heterocycles. The zero-order valence-electron chi connectivity index (χ0n) is 11.7. The van der Waals surface area contributed by atoms with Crippen LogP contribution in [0.3, 0.4) is 0 Å². The van der Waals surface area contributed by atoms with Crippen LogP contribution in [0, 0.1) is 0 Å². The molecule has 1 fully saturated rings. The van der Waals surface area contributed by atoms with Crippen molar-refractivity contribution < 1.29 is 4.79 Å². The lowest BCUT2D eigenvalue weighted by Crippen LogP contribution is -2.45. The van der Waals surface area contributed by atoms with Crippen molar-refractivity contribution in [1.29, 1.82) is 0 Å². The Bertz CT molecular complexity index is 610. The maximum absolute atomic E-state index is 12.1. The highest BCUT2D eigenvalue weighted by molar-refractivity contribution is 8.00. The smallest absolute Gasteiger partial charge is 0.224 e. The van der Waals surface area contributed by atoms with Crippen LogP contribution in [0.15, 0.2) is 30.5 Å². The van der Waals surface area contributed by atoms with Crippen molar-refractivity contribution in [3.05, 3.63) is 36.0 Å². The van der Waals surface area contributed by atoms with Gasteiger partial charge in [0.25, 0.3) is 0 Å². The summed E-state index contributed by atoms with van der Waals surface area (Å²) in [6.07, 6.45) is 8.28. The third kappa shape index (κ3) is 2.57. The quantitative estimate of drug-likeness (QED) is 0.888. The molecular formula is C16H20N2OS. The van der Waals surface area contributed by atoms with Gasteiger partial charge in [0.05, 0.1) is 6.42 Å². The lowest BCUT2D eigenvalue weighted by molar-refractivity contribution is -0.120. The molecule has 0 unspecified atom stereocenters. The maximum Gasteiger partial charge on any atom is 0.224 e. The van der Waals surface area contributed by atoms with Gasteiger partial charge in [-0.1, -0.05) is 24.6 Å². The molecule has 3 rings (SSSR count). The van der Waals surface area contributed by atoms with Crippen LogP contribution in [0.25, 0.3) is 10.9 Å². The molecule has 1 aromatic carbocycles. The monoisotopic (exact) mass is 288 g/mol. The molecule has 1 amide bonds. The summed E-state index contributed by atoms with van der Waals surface area (Å²) in [5.41, 5.74) is 2.17. The average Bonchev–Trinajstić information content (AvgIpc) is 2.82. The summed E-state index contributed by atoms with van der Waals surface area (Å²) in [4.78, 5) is 15.3. The fourth-order valence-electron chi connectivity index (χ4n) is 2.80. The Kier molecular flexibility index (Phi) is 3.74. The second-order valence-corrected chi connectivity index (χ2v) is 6.83. The first-order valence-corrected chi connectivity index (χ1v) is 8.32. The van der Waals surface area contributed by atoms with Crippen molar-refractivity contribution in [2.45, 2.75) is 30.4 Å². The van der Waals surface area contributed by atoms with E-state index in [1.807, 2.05) is 36.2 Å². The summed E-state index contributed by atoms with van der Waals surface area (Å²) in [5.74, 6) is 0.120. The molecule has 1 aliphatic rings. The van der Waals surface area contributed by atoms with E-state index in [-0.39, 0.29) is 5.91 Å². The topological polar surface area (TPSA) is 44.9 Å². The standard InChI is InChI=1S/C16H20N2OS/c1-20-16(7-4-8-16)11-18-15(19)9-12-10-17-14-6-3-2-5-13(12)14/h2-3,5-6,10,17H,4,7-9,11H2,1H3,(H,18,19). The van der Waals surface area contributed by atoms with Crippen LogP contribution in [-0.4, -0.2) is 28.4 Å². The summed E-state index contributed by atoms with van der Waals surface area (Å²) >= 11 is 1.89. The van der Waals surface area contributed by atoms with Crippen LogP contribution < -0.4 is 5.32 Å². The Morgan fingerprint density at radius 1 is 1.40 bits per heavy atom. The van der Waals surface area contributed by atoms with Crippen LogP contribution in [0.2, 0.25) is 0 Å². The van der Waals surface area contributed by atoms with Crippen molar-refractivity contribution in [2.24, 2.45) is 0 Å². The molecule has 3 nitrogen and oxygen atoms in total. The Morgan fingerprint density at radius 3 is 2.90 bits per heavy atom. The van der Waals surface area contributed by atoms with Crippen LogP contribution in [0.4, 0.5) is 0 Å². The summed E-state index contributed by atoms with van der Waals surface area (Å²) in [5, 5.41) is 4.25. The SMILES string of the molecule is CSC1(CNC(=O)Cc2c[nH]c3ccccc23)CCC1. The Labute approximate surface area is 123 Å². The van der Waals surface area contributed by atoms with Gasteiger partial charge in [0.15, 0.2) is 0 Å². The summed E-state index contributed by atoms with van der Waals surface area (Å²) in [6, 6.07) is 8.10. The van der Waals surface area contributed by atoms with Gasteiger partial charge in [0.2, 0.25) is 5.91 Å². The number of rotatable bonds is 5.